The van der Waals surface area contributed by atoms with Gasteiger partial charge in [0, 0.05) is 19.0 Å². The van der Waals surface area contributed by atoms with Crippen molar-refractivity contribution in [1.29, 1.82) is 0 Å². The van der Waals surface area contributed by atoms with Crippen LogP contribution in [0.5, 0.6) is 0 Å². The average molecular weight is 159 g/mol. The van der Waals surface area contributed by atoms with E-state index in [9.17, 15) is 4.79 Å². The topological polar surface area (TPSA) is 69.6 Å². The molecule has 0 bridgehead atoms. The van der Waals surface area contributed by atoms with E-state index in [2.05, 4.69) is 5.32 Å². The van der Waals surface area contributed by atoms with E-state index < -0.39 is 5.97 Å². The van der Waals surface area contributed by atoms with Gasteiger partial charge in [-0.15, -0.1) is 0 Å². The van der Waals surface area contributed by atoms with Crippen LogP contribution in [0.1, 0.15) is 19.3 Å². The third kappa shape index (κ3) is 2.86. The predicted octanol–water partition coefficient (Wildman–Crippen LogP) is -0.426. The second-order valence-electron chi connectivity index (χ2n) is 2.93. The zero-order valence-corrected chi connectivity index (χ0v) is 6.29. The first-order chi connectivity index (χ1) is 5.18. The number of aliphatic carboxylic acids is 1. The first-order valence-electron chi connectivity index (χ1n) is 3.81. The zero-order chi connectivity index (χ0) is 8.27. The van der Waals surface area contributed by atoms with E-state index in [-0.39, 0.29) is 18.6 Å². The lowest BCUT2D eigenvalue weighted by molar-refractivity contribution is -0.137. The van der Waals surface area contributed by atoms with Crippen LogP contribution in [-0.2, 0) is 4.79 Å². The van der Waals surface area contributed by atoms with E-state index in [1.54, 1.807) is 0 Å². The highest BCUT2D eigenvalue weighted by atomic mass is 16.4. The molecule has 0 aliphatic carbocycles. The molecule has 64 valence electrons. The molecule has 1 fully saturated rings. The van der Waals surface area contributed by atoms with Crippen LogP contribution in [0, 0.1) is 0 Å². The van der Waals surface area contributed by atoms with Gasteiger partial charge in [0.15, 0.2) is 0 Å². The van der Waals surface area contributed by atoms with Crippen LogP contribution in [0.25, 0.3) is 0 Å². The molecule has 4 nitrogen and oxygen atoms in total. The van der Waals surface area contributed by atoms with Gasteiger partial charge in [-0.1, -0.05) is 0 Å². The second kappa shape index (κ2) is 3.69. The molecule has 0 amide bonds. The molecule has 1 aliphatic rings. The fourth-order valence-electron chi connectivity index (χ4n) is 1.32. The third-order valence-electron chi connectivity index (χ3n) is 1.91. The molecule has 1 aliphatic heterocycles. The maximum absolute atomic E-state index is 10.1. The van der Waals surface area contributed by atoms with Crippen LogP contribution in [0.2, 0.25) is 0 Å². The molecule has 0 radical (unpaired) electrons. The molecule has 1 heterocycles. The summed E-state index contributed by atoms with van der Waals surface area (Å²) in [5.74, 6) is -0.770. The van der Waals surface area contributed by atoms with E-state index in [1.165, 1.54) is 0 Å². The van der Waals surface area contributed by atoms with Gasteiger partial charge in [0.2, 0.25) is 0 Å². The normalized spacial score (nSPS) is 30.6. The Bertz CT molecular complexity index is 149. The molecule has 11 heavy (non-hydrogen) atoms. The minimum absolute atomic E-state index is 0.185. The molecular formula is C7H13NO3. The number of hydrogen-bond acceptors (Lipinski definition) is 3. The van der Waals surface area contributed by atoms with Crippen molar-refractivity contribution in [2.45, 2.75) is 31.4 Å². The van der Waals surface area contributed by atoms with Gasteiger partial charge in [-0.25, -0.2) is 0 Å². The Morgan fingerprint density at radius 1 is 1.64 bits per heavy atom. The van der Waals surface area contributed by atoms with Crippen molar-refractivity contribution < 1.29 is 15.0 Å². The number of hydrogen-bond donors (Lipinski definition) is 3. The van der Waals surface area contributed by atoms with Gasteiger partial charge in [0.25, 0.3) is 0 Å². The smallest absolute Gasteiger partial charge is 0.303 e. The quantitative estimate of drug-likeness (QED) is 0.523. The van der Waals surface area contributed by atoms with Crippen LogP contribution in [0.4, 0.5) is 0 Å². The first kappa shape index (κ1) is 8.49. The highest BCUT2D eigenvalue weighted by molar-refractivity contribution is 5.66. The Kier molecular flexibility index (Phi) is 2.84. The lowest BCUT2D eigenvalue weighted by Crippen LogP contribution is -2.22. The molecule has 3 N–H and O–H groups in total. The van der Waals surface area contributed by atoms with Gasteiger partial charge in [0.05, 0.1) is 6.10 Å². The van der Waals surface area contributed by atoms with Crippen LogP contribution < -0.4 is 5.32 Å². The number of aliphatic hydroxyl groups is 1. The SMILES string of the molecule is O=C(O)CC[C@@H]1C[C@H](O)CN1. The molecule has 0 aromatic carbocycles. The van der Waals surface area contributed by atoms with Crippen LogP contribution in [0.15, 0.2) is 0 Å². The summed E-state index contributed by atoms with van der Waals surface area (Å²) in [7, 11) is 0. The summed E-state index contributed by atoms with van der Waals surface area (Å²) in [6, 6.07) is 0.195. The number of aliphatic hydroxyl groups excluding tert-OH is 1. The summed E-state index contributed by atoms with van der Waals surface area (Å²) >= 11 is 0. The highest BCUT2D eigenvalue weighted by Gasteiger charge is 2.21. The van der Waals surface area contributed by atoms with Crippen molar-refractivity contribution in [3.05, 3.63) is 0 Å². The third-order valence-corrected chi connectivity index (χ3v) is 1.91. The average Bonchev–Trinajstić information content (AvgIpc) is 2.31. The Hall–Kier alpha value is -0.610. The maximum atomic E-state index is 10.1. The molecular weight excluding hydrogens is 146 g/mol. The number of β-amino-alcohol motifs (C(OH)–C–C–N with tert-alkyl or cyclic N) is 1. The van der Waals surface area contributed by atoms with E-state index in [0.29, 0.717) is 19.4 Å². The van der Waals surface area contributed by atoms with Crippen LogP contribution >= 0.6 is 0 Å². The Morgan fingerprint density at radius 3 is 2.82 bits per heavy atom. The molecule has 0 aromatic rings. The van der Waals surface area contributed by atoms with Crippen molar-refractivity contribution in [3.8, 4) is 0 Å². The van der Waals surface area contributed by atoms with Crippen molar-refractivity contribution in [2.75, 3.05) is 6.54 Å². The summed E-state index contributed by atoms with van der Waals surface area (Å²) in [5.41, 5.74) is 0. The summed E-state index contributed by atoms with van der Waals surface area (Å²) in [4.78, 5) is 10.1. The number of carbonyl (C=O) groups is 1. The molecule has 0 spiro atoms. The minimum Gasteiger partial charge on any atom is -0.481 e. The molecule has 1 saturated heterocycles. The van der Waals surface area contributed by atoms with Crippen molar-refractivity contribution in [3.63, 3.8) is 0 Å². The maximum Gasteiger partial charge on any atom is 0.303 e. The molecule has 4 heteroatoms. The number of carboxylic acid groups (broad SMARTS) is 1. The lowest BCUT2D eigenvalue weighted by Gasteiger charge is -2.06. The van der Waals surface area contributed by atoms with Gasteiger partial charge in [-0.3, -0.25) is 4.79 Å². The fraction of sp³-hybridized carbons (Fsp3) is 0.857. The van der Waals surface area contributed by atoms with Crippen molar-refractivity contribution >= 4 is 5.97 Å². The van der Waals surface area contributed by atoms with Gasteiger partial charge >= 0.3 is 5.97 Å². The second-order valence-corrected chi connectivity index (χ2v) is 2.93. The number of carboxylic acids is 1. The largest absolute Gasteiger partial charge is 0.481 e. The fourth-order valence-corrected chi connectivity index (χ4v) is 1.32. The van der Waals surface area contributed by atoms with Crippen LogP contribution in [0.3, 0.4) is 0 Å². The molecule has 0 unspecified atom stereocenters. The Morgan fingerprint density at radius 2 is 2.36 bits per heavy atom. The highest BCUT2D eigenvalue weighted by Crippen LogP contribution is 2.11. The standard InChI is InChI=1S/C7H13NO3/c9-6-3-5(8-4-6)1-2-7(10)11/h5-6,8-9H,1-4H2,(H,10,11)/t5-,6+/m1/s1. The summed E-state index contributed by atoms with van der Waals surface area (Å²) in [6.45, 7) is 0.601. The molecule has 1 rings (SSSR count). The van der Waals surface area contributed by atoms with Gasteiger partial charge < -0.3 is 15.5 Å². The monoisotopic (exact) mass is 159 g/mol. The predicted molar refractivity (Wildman–Crippen MR) is 39.3 cm³/mol. The minimum atomic E-state index is -0.770. The van der Waals surface area contributed by atoms with Crippen molar-refractivity contribution in [2.24, 2.45) is 0 Å². The first-order valence-corrected chi connectivity index (χ1v) is 3.81. The van der Waals surface area contributed by atoms with E-state index >= 15 is 0 Å². The van der Waals surface area contributed by atoms with E-state index in [0.717, 1.165) is 0 Å². The summed E-state index contributed by atoms with van der Waals surface area (Å²) in [6.07, 6.45) is 1.21. The van der Waals surface area contributed by atoms with Gasteiger partial charge in [-0.2, -0.15) is 0 Å². The molecule has 0 saturated carbocycles. The lowest BCUT2D eigenvalue weighted by atomic mass is 10.1. The summed E-state index contributed by atoms with van der Waals surface area (Å²) < 4.78 is 0. The van der Waals surface area contributed by atoms with Crippen molar-refractivity contribution in [1.82, 2.24) is 5.32 Å². The van der Waals surface area contributed by atoms with E-state index in [1.807, 2.05) is 0 Å². The molecule has 0 aromatic heterocycles. The zero-order valence-electron chi connectivity index (χ0n) is 6.29. The Labute approximate surface area is 65.2 Å². The van der Waals surface area contributed by atoms with E-state index in [4.69, 9.17) is 10.2 Å². The number of rotatable bonds is 3. The summed E-state index contributed by atoms with van der Waals surface area (Å²) in [5, 5.41) is 20.5. The molecule has 2 atom stereocenters. The van der Waals surface area contributed by atoms with Gasteiger partial charge in [0.1, 0.15) is 0 Å². The van der Waals surface area contributed by atoms with Gasteiger partial charge in [-0.05, 0) is 12.8 Å². The van der Waals surface area contributed by atoms with Crippen LogP contribution in [-0.4, -0.2) is 34.9 Å². The Balaban J connectivity index is 2.13. The number of nitrogens with one attached hydrogen (secondary N) is 1.